The van der Waals surface area contributed by atoms with Crippen LogP contribution in [-0.2, 0) is 33.5 Å². The van der Waals surface area contributed by atoms with Crippen molar-refractivity contribution in [3.63, 3.8) is 0 Å². The van der Waals surface area contributed by atoms with Crippen LogP contribution in [0.2, 0.25) is 0 Å². The molecule has 2 saturated heterocycles. The van der Waals surface area contributed by atoms with Crippen molar-refractivity contribution in [2.24, 2.45) is 17.8 Å². The van der Waals surface area contributed by atoms with Crippen LogP contribution in [0.1, 0.15) is 93.4 Å². The number of carbonyl (C=O) groups excluding carboxylic acids is 5. The molecule has 4 amide bonds. The molecular weight excluding hydrogens is 598 g/mol. The maximum Gasteiger partial charge on any atom is 0.325 e. The van der Waals surface area contributed by atoms with Gasteiger partial charge in [-0.05, 0) is 31.6 Å². The Morgan fingerprint density at radius 3 is 2.11 bits per heavy atom. The van der Waals surface area contributed by atoms with Crippen molar-refractivity contribution >= 4 is 29.6 Å². The van der Waals surface area contributed by atoms with Crippen molar-refractivity contribution in [2.45, 2.75) is 136 Å². The van der Waals surface area contributed by atoms with Crippen molar-refractivity contribution in [3.05, 3.63) is 0 Å². The summed E-state index contributed by atoms with van der Waals surface area (Å²) in [5, 5.41) is 30.4. The highest BCUT2D eigenvalue weighted by Gasteiger charge is 2.66. The lowest BCUT2D eigenvalue weighted by molar-refractivity contribution is -0.920. The van der Waals surface area contributed by atoms with Gasteiger partial charge < -0.3 is 36.2 Å². The lowest BCUT2D eigenvalue weighted by Gasteiger charge is -2.29. The standard InChI is InChI=1S/C32H57N5O9/c1-9-11-12-13-14-24-20(6)32-37(8,46-32)23(15-18(3)4)29(42)35-26(19(5)10-2)31(44)34-22(17-38)28(41)36-27(21(7)39)30(43)33-16-25(40)45-24/h18-24,26-27,32,38-39H,9-17H2,1-8H3,(H3-,33,34,35,36,41,42,43,44)/p+1/t19-,20-,21+,22+,23+,24-,26+,27+,32?,37-/m1/s1. The van der Waals surface area contributed by atoms with Crippen LogP contribution in [-0.4, -0.2) is 107 Å². The van der Waals surface area contributed by atoms with Crippen LogP contribution in [0, 0.1) is 17.8 Å². The van der Waals surface area contributed by atoms with Crippen LogP contribution in [0.4, 0.5) is 0 Å². The Hall–Kier alpha value is -2.81. The number of hydroxylamine groups is 3. The largest absolute Gasteiger partial charge is 0.460 e. The molecule has 0 radical (unpaired) electrons. The predicted octanol–water partition coefficient (Wildman–Crippen LogP) is 0.641. The lowest BCUT2D eigenvalue weighted by Crippen LogP contribution is -2.61. The Balaban J connectivity index is 2.52. The molecule has 264 valence electrons. The average molecular weight is 657 g/mol. The van der Waals surface area contributed by atoms with E-state index in [2.05, 4.69) is 28.2 Å². The topological polar surface area (TPSA) is 196 Å². The summed E-state index contributed by atoms with van der Waals surface area (Å²) in [7, 11) is 1.81. The molecule has 2 heterocycles. The quantitative estimate of drug-likeness (QED) is 0.0801. The van der Waals surface area contributed by atoms with E-state index in [4.69, 9.17) is 9.57 Å². The van der Waals surface area contributed by atoms with Gasteiger partial charge in [-0.25, -0.2) is 0 Å². The maximum atomic E-state index is 14.0. The molecule has 14 heteroatoms. The molecule has 10 atom stereocenters. The van der Waals surface area contributed by atoms with Gasteiger partial charge in [0.25, 0.3) is 12.1 Å². The number of quaternary nitrogens is 1. The van der Waals surface area contributed by atoms with E-state index >= 15 is 0 Å². The van der Waals surface area contributed by atoms with Gasteiger partial charge in [0.2, 0.25) is 23.8 Å². The summed E-state index contributed by atoms with van der Waals surface area (Å²) in [6, 6.07) is -4.70. The first-order chi connectivity index (χ1) is 21.6. The van der Waals surface area contributed by atoms with Crippen LogP contribution in [0.5, 0.6) is 0 Å². The van der Waals surface area contributed by atoms with E-state index in [-0.39, 0.29) is 22.4 Å². The summed E-state index contributed by atoms with van der Waals surface area (Å²) in [6.45, 7) is 11.6. The van der Waals surface area contributed by atoms with E-state index in [1.54, 1.807) is 6.92 Å². The number of hydrogen-bond acceptors (Lipinski definition) is 9. The Kier molecular flexibility index (Phi) is 15.3. The number of fused-ring (bicyclic) bond motifs is 1. The average Bonchev–Trinajstić information content (AvgIpc) is 3.70. The SMILES string of the molecule is CCCCCC[C@H]1OC(=O)CNC(=O)[C@H]([C@H](C)O)NC(=O)[C@H](CO)NC(=O)[C@H]([C@H](C)CC)NC(=O)[C@H](CC(C)C)[N@@+]2(C)OC2[C@@H]1C. The smallest absolute Gasteiger partial charge is 0.325 e. The molecule has 6 N–H and O–H groups in total. The zero-order valence-electron chi connectivity index (χ0n) is 28.8. The molecule has 0 spiro atoms. The van der Waals surface area contributed by atoms with Crippen molar-refractivity contribution < 1.29 is 48.4 Å². The molecule has 0 aromatic carbocycles. The first-order valence-electron chi connectivity index (χ1n) is 16.8. The number of aliphatic hydroxyl groups is 2. The van der Waals surface area contributed by atoms with Crippen LogP contribution >= 0.6 is 0 Å². The molecule has 2 rings (SSSR count). The summed E-state index contributed by atoms with van der Waals surface area (Å²) < 4.78 is 5.83. The Morgan fingerprint density at radius 2 is 1.54 bits per heavy atom. The molecule has 0 aliphatic carbocycles. The van der Waals surface area contributed by atoms with E-state index < -0.39 is 85.4 Å². The van der Waals surface area contributed by atoms with Crippen molar-refractivity contribution in [1.29, 1.82) is 0 Å². The summed E-state index contributed by atoms with van der Waals surface area (Å²) in [5.74, 6) is -4.07. The Labute approximate surface area is 273 Å². The van der Waals surface area contributed by atoms with Gasteiger partial charge in [-0.15, -0.1) is 9.48 Å². The number of aliphatic hydroxyl groups excluding tert-OH is 2. The van der Waals surface area contributed by atoms with Gasteiger partial charge >= 0.3 is 5.97 Å². The minimum absolute atomic E-state index is 0.0580. The van der Waals surface area contributed by atoms with Gasteiger partial charge in [-0.1, -0.05) is 67.2 Å². The molecule has 0 aromatic heterocycles. The molecule has 2 fully saturated rings. The maximum absolute atomic E-state index is 14.0. The number of likely N-dealkylation sites (N-methyl/N-ethyl adjacent to an activating group) is 1. The van der Waals surface area contributed by atoms with Crippen LogP contribution in [0.15, 0.2) is 0 Å². The number of ether oxygens (including phenoxy) is 1. The van der Waals surface area contributed by atoms with Crippen molar-refractivity contribution in [1.82, 2.24) is 21.3 Å². The van der Waals surface area contributed by atoms with E-state index in [0.717, 1.165) is 25.7 Å². The van der Waals surface area contributed by atoms with E-state index in [1.165, 1.54) is 6.92 Å². The molecule has 1 unspecified atom stereocenters. The summed E-state index contributed by atoms with van der Waals surface area (Å²) in [6.07, 6.45) is 2.97. The molecule has 0 aromatic rings. The lowest BCUT2D eigenvalue weighted by atomic mass is 9.94. The third-order valence-electron chi connectivity index (χ3n) is 9.15. The van der Waals surface area contributed by atoms with Crippen LogP contribution in [0.3, 0.4) is 0 Å². The molecule has 46 heavy (non-hydrogen) atoms. The van der Waals surface area contributed by atoms with E-state index in [1.807, 2.05) is 34.7 Å². The summed E-state index contributed by atoms with van der Waals surface area (Å²) in [5.41, 5.74) is 0. The molecular formula is C32H58N5O9+. The molecule has 2 aliphatic heterocycles. The van der Waals surface area contributed by atoms with Crippen LogP contribution in [0.25, 0.3) is 0 Å². The van der Waals surface area contributed by atoms with Crippen molar-refractivity contribution in [3.8, 4) is 0 Å². The second-order valence-electron chi connectivity index (χ2n) is 13.5. The number of carbonyl (C=O) groups is 5. The van der Waals surface area contributed by atoms with Gasteiger partial charge in [0.05, 0.1) is 18.6 Å². The number of nitrogens with zero attached hydrogens (tertiary/aromatic N) is 1. The highest BCUT2D eigenvalue weighted by molar-refractivity contribution is 5.95. The number of rotatable bonds is 11. The molecule has 2 aliphatic rings. The fraction of sp³-hybridized carbons (Fsp3) is 0.844. The van der Waals surface area contributed by atoms with Gasteiger partial charge in [-0.3, -0.25) is 24.0 Å². The van der Waals surface area contributed by atoms with Gasteiger partial charge in [0.15, 0.2) is 0 Å². The fourth-order valence-electron chi connectivity index (χ4n) is 5.95. The number of unbranched alkanes of at least 4 members (excludes halogenated alkanes) is 3. The molecule has 0 saturated carbocycles. The number of nitrogens with one attached hydrogen (secondary N) is 4. The second kappa shape index (κ2) is 17.9. The minimum Gasteiger partial charge on any atom is -0.460 e. The van der Waals surface area contributed by atoms with E-state index in [0.29, 0.717) is 19.3 Å². The molecule has 0 bridgehead atoms. The first kappa shape index (κ1) is 39.4. The molecule has 14 nitrogen and oxygen atoms in total. The predicted molar refractivity (Wildman–Crippen MR) is 169 cm³/mol. The first-order valence-corrected chi connectivity index (χ1v) is 16.8. The highest BCUT2D eigenvalue weighted by Crippen LogP contribution is 2.43. The zero-order valence-corrected chi connectivity index (χ0v) is 28.8. The monoisotopic (exact) mass is 656 g/mol. The number of esters is 1. The zero-order chi connectivity index (χ0) is 34.8. The van der Waals surface area contributed by atoms with Gasteiger partial charge in [-0.2, -0.15) is 0 Å². The normalized spacial score (nSPS) is 33.2. The fourth-order valence-corrected chi connectivity index (χ4v) is 5.95. The van der Waals surface area contributed by atoms with E-state index in [9.17, 15) is 34.2 Å². The van der Waals surface area contributed by atoms with Crippen LogP contribution < -0.4 is 21.3 Å². The third kappa shape index (κ3) is 10.6. The number of amides is 4. The highest BCUT2D eigenvalue weighted by atomic mass is 16.9. The Morgan fingerprint density at radius 1 is 0.891 bits per heavy atom. The second-order valence-corrected chi connectivity index (χ2v) is 13.5. The summed E-state index contributed by atoms with van der Waals surface area (Å²) in [4.78, 5) is 72.8. The van der Waals surface area contributed by atoms with Crippen molar-refractivity contribution in [2.75, 3.05) is 20.2 Å². The van der Waals surface area contributed by atoms with Gasteiger partial charge in [0, 0.05) is 6.42 Å². The Bertz CT molecular complexity index is 1060. The van der Waals surface area contributed by atoms with Gasteiger partial charge in [0.1, 0.15) is 37.8 Å². The number of hydrogen-bond donors (Lipinski definition) is 6. The third-order valence-corrected chi connectivity index (χ3v) is 9.15. The summed E-state index contributed by atoms with van der Waals surface area (Å²) >= 11 is 0. The minimum atomic E-state index is -1.49. The number of cyclic esters (lactones) is 1.